The molecule has 0 aromatic rings. The Kier molecular flexibility index (Phi) is 2.56. The third-order valence-corrected chi connectivity index (χ3v) is 2.19. The van der Waals surface area contributed by atoms with E-state index >= 15 is 0 Å². The van der Waals surface area contributed by atoms with Gasteiger partial charge in [0, 0.05) is 6.54 Å². The summed E-state index contributed by atoms with van der Waals surface area (Å²) >= 11 is 0. The Balaban J connectivity index is 2.77. The molecule has 0 bridgehead atoms. The molecule has 0 spiro atoms. The zero-order chi connectivity index (χ0) is 10.1. The molecular formula is C8H14N2O3. The number of carbonyl (C=O) groups is 2. The number of hydrogen-bond donors (Lipinski definition) is 2. The van der Waals surface area contributed by atoms with Gasteiger partial charge >= 0.3 is 0 Å². The molecule has 0 aromatic heterocycles. The molecule has 1 fully saturated rings. The average Bonchev–Trinajstić information content (AvgIpc) is 2.08. The second kappa shape index (κ2) is 3.33. The van der Waals surface area contributed by atoms with Crippen LogP contribution in [0, 0.1) is 0 Å². The molecule has 0 atom stereocenters. The van der Waals surface area contributed by atoms with Crippen LogP contribution in [0.4, 0.5) is 0 Å². The van der Waals surface area contributed by atoms with E-state index in [0.717, 1.165) is 0 Å². The van der Waals surface area contributed by atoms with Crippen molar-refractivity contribution in [1.29, 1.82) is 0 Å². The summed E-state index contributed by atoms with van der Waals surface area (Å²) in [6.45, 7) is 3.61. The normalized spacial score (nSPS) is 21.2. The molecular weight excluding hydrogens is 172 g/mol. The molecule has 1 aliphatic rings. The van der Waals surface area contributed by atoms with Gasteiger partial charge in [-0.15, -0.1) is 0 Å². The van der Waals surface area contributed by atoms with E-state index in [1.165, 1.54) is 4.90 Å². The van der Waals surface area contributed by atoms with Gasteiger partial charge in [-0.1, -0.05) is 0 Å². The van der Waals surface area contributed by atoms with Crippen LogP contribution in [-0.2, 0) is 9.59 Å². The van der Waals surface area contributed by atoms with E-state index in [-0.39, 0.29) is 12.5 Å². The number of aliphatic hydroxyl groups is 1. The lowest BCUT2D eigenvalue weighted by Crippen LogP contribution is -2.62. The van der Waals surface area contributed by atoms with E-state index in [1.54, 1.807) is 0 Å². The highest BCUT2D eigenvalue weighted by atomic mass is 16.3. The molecule has 5 nitrogen and oxygen atoms in total. The summed E-state index contributed by atoms with van der Waals surface area (Å²) in [4.78, 5) is 23.6. The fourth-order valence-electron chi connectivity index (χ4n) is 1.33. The van der Waals surface area contributed by atoms with Gasteiger partial charge < -0.3 is 15.3 Å². The first kappa shape index (κ1) is 9.98. The SMILES string of the molecule is CC1(C)CNC(=O)CN1C(=O)CO. The van der Waals surface area contributed by atoms with Gasteiger partial charge in [0.05, 0.1) is 5.54 Å². The van der Waals surface area contributed by atoms with Crippen LogP contribution in [0.2, 0.25) is 0 Å². The standard InChI is InChI=1S/C8H14N2O3/c1-8(2)5-9-6(12)3-10(8)7(13)4-11/h11H,3-5H2,1-2H3,(H,9,12). The highest BCUT2D eigenvalue weighted by molar-refractivity contribution is 5.87. The van der Waals surface area contributed by atoms with Crippen LogP contribution < -0.4 is 5.32 Å². The Bertz CT molecular complexity index is 238. The van der Waals surface area contributed by atoms with Crippen molar-refractivity contribution in [2.75, 3.05) is 19.7 Å². The van der Waals surface area contributed by atoms with Gasteiger partial charge in [0.25, 0.3) is 0 Å². The van der Waals surface area contributed by atoms with E-state index in [4.69, 9.17) is 5.11 Å². The van der Waals surface area contributed by atoms with Crippen molar-refractivity contribution in [3.8, 4) is 0 Å². The van der Waals surface area contributed by atoms with Gasteiger partial charge in [0.1, 0.15) is 13.2 Å². The van der Waals surface area contributed by atoms with Crippen molar-refractivity contribution >= 4 is 11.8 Å². The Hall–Kier alpha value is -1.10. The van der Waals surface area contributed by atoms with Crippen LogP contribution in [0.15, 0.2) is 0 Å². The van der Waals surface area contributed by atoms with E-state index in [1.807, 2.05) is 13.8 Å². The predicted octanol–water partition coefficient (Wildman–Crippen LogP) is -1.28. The van der Waals surface area contributed by atoms with Crippen LogP contribution >= 0.6 is 0 Å². The molecule has 0 aliphatic carbocycles. The largest absolute Gasteiger partial charge is 0.387 e. The number of carbonyl (C=O) groups excluding carboxylic acids is 2. The number of nitrogens with one attached hydrogen (secondary N) is 1. The van der Waals surface area contributed by atoms with Gasteiger partial charge in [-0.25, -0.2) is 0 Å². The minimum atomic E-state index is -0.545. The maximum atomic E-state index is 11.2. The second-order valence-corrected chi connectivity index (χ2v) is 3.73. The zero-order valence-corrected chi connectivity index (χ0v) is 7.83. The maximum absolute atomic E-state index is 11.2. The lowest BCUT2D eigenvalue weighted by atomic mass is 10.00. The first-order chi connectivity index (χ1) is 5.97. The van der Waals surface area contributed by atoms with E-state index in [9.17, 15) is 9.59 Å². The fraction of sp³-hybridized carbons (Fsp3) is 0.750. The molecule has 1 saturated heterocycles. The molecule has 2 N–H and O–H groups in total. The fourth-order valence-corrected chi connectivity index (χ4v) is 1.33. The molecule has 5 heteroatoms. The molecule has 74 valence electrons. The molecule has 0 aromatic carbocycles. The quantitative estimate of drug-likeness (QED) is 0.535. The topological polar surface area (TPSA) is 69.6 Å². The van der Waals surface area contributed by atoms with Crippen LogP contribution in [-0.4, -0.2) is 47.1 Å². The summed E-state index contributed by atoms with van der Waals surface area (Å²) in [6.07, 6.45) is 0. The van der Waals surface area contributed by atoms with Gasteiger partial charge in [0.15, 0.2) is 0 Å². The van der Waals surface area contributed by atoms with Crippen molar-refractivity contribution in [2.45, 2.75) is 19.4 Å². The summed E-state index contributed by atoms with van der Waals surface area (Å²) in [5, 5.41) is 11.3. The van der Waals surface area contributed by atoms with E-state index in [0.29, 0.717) is 6.54 Å². The third-order valence-electron chi connectivity index (χ3n) is 2.19. The molecule has 0 unspecified atom stereocenters. The highest BCUT2D eigenvalue weighted by Gasteiger charge is 2.35. The summed E-state index contributed by atoms with van der Waals surface area (Å²) < 4.78 is 0. The van der Waals surface area contributed by atoms with Crippen molar-refractivity contribution in [3.63, 3.8) is 0 Å². The van der Waals surface area contributed by atoms with Crippen LogP contribution in [0.25, 0.3) is 0 Å². The average molecular weight is 186 g/mol. The van der Waals surface area contributed by atoms with E-state index in [2.05, 4.69) is 5.32 Å². The summed E-state index contributed by atoms with van der Waals surface area (Å²) in [5.74, 6) is -0.582. The van der Waals surface area contributed by atoms with Gasteiger partial charge in [-0.2, -0.15) is 0 Å². The Morgan fingerprint density at radius 3 is 2.85 bits per heavy atom. The first-order valence-electron chi connectivity index (χ1n) is 4.15. The predicted molar refractivity (Wildman–Crippen MR) is 45.9 cm³/mol. The molecule has 1 heterocycles. The molecule has 0 radical (unpaired) electrons. The van der Waals surface area contributed by atoms with Gasteiger partial charge in [-0.05, 0) is 13.8 Å². The molecule has 0 saturated carbocycles. The molecule has 1 aliphatic heterocycles. The zero-order valence-electron chi connectivity index (χ0n) is 7.83. The highest BCUT2D eigenvalue weighted by Crippen LogP contribution is 2.16. The Morgan fingerprint density at radius 2 is 2.31 bits per heavy atom. The Morgan fingerprint density at radius 1 is 1.69 bits per heavy atom. The third kappa shape index (κ3) is 1.98. The summed E-state index contributed by atoms with van der Waals surface area (Å²) in [7, 11) is 0. The number of rotatable bonds is 1. The van der Waals surface area contributed by atoms with Crippen molar-refractivity contribution in [1.82, 2.24) is 10.2 Å². The van der Waals surface area contributed by atoms with Crippen molar-refractivity contribution in [3.05, 3.63) is 0 Å². The molecule has 13 heavy (non-hydrogen) atoms. The minimum Gasteiger partial charge on any atom is -0.387 e. The summed E-state index contributed by atoms with van der Waals surface area (Å²) in [6, 6.07) is 0. The Labute approximate surface area is 76.7 Å². The number of piperazine rings is 1. The number of amides is 2. The van der Waals surface area contributed by atoms with Crippen LogP contribution in [0.1, 0.15) is 13.8 Å². The van der Waals surface area contributed by atoms with Crippen LogP contribution in [0.3, 0.4) is 0 Å². The van der Waals surface area contributed by atoms with Gasteiger partial charge in [-0.3, -0.25) is 9.59 Å². The lowest BCUT2D eigenvalue weighted by Gasteiger charge is -2.41. The second-order valence-electron chi connectivity index (χ2n) is 3.73. The first-order valence-corrected chi connectivity index (χ1v) is 4.15. The molecule has 1 rings (SSSR count). The summed E-state index contributed by atoms with van der Waals surface area (Å²) in [5.41, 5.74) is -0.409. The maximum Gasteiger partial charge on any atom is 0.249 e. The van der Waals surface area contributed by atoms with Gasteiger partial charge in [0.2, 0.25) is 11.8 Å². The number of aliphatic hydroxyl groups excluding tert-OH is 1. The minimum absolute atomic E-state index is 0.0341. The number of hydrogen-bond acceptors (Lipinski definition) is 3. The van der Waals surface area contributed by atoms with E-state index < -0.39 is 18.1 Å². The lowest BCUT2D eigenvalue weighted by molar-refractivity contribution is -0.147. The van der Waals surface area contributed by atoms with Crippen molar-refractivity contribution < 1.29 is 14.7 Å². The smallest absolute Gasteiger partial charge is 0.249 e. The monoisotopic (exact) mass is 186 g/mol. The number of nitrogens with zero attached hydrogens (tertiary/aromatic N) is 1. The van der Waals surface area contributed by atoms with Crippen molar-refractivity contribution in [2.24, 2.45) is 0 Å². The van der Waals surface area contributed by atoms with Crippen LogP contribution in [0.5, 0.6) is 0 Å². The molecule has 2 amide bonds.